The van der Waals surface area contributed by atoms with Gasteiger partial charge < -0.3 is 27.1 Å². The number of aromatic nitrogens is 5. The fraction of sp³-hybridized carbons (Fsp3) is 0.0385. The number of hydrogen-bond donors (Lipinski definition) is 6. The van der Waals surface area contributed by atoms with Crippen molar-refractivity contribution >= 4 is 39.1 Å². The van der Waals surface area contributed by atoms with Gasteiger partial charge in [-0.2, -0.15) is 18.3 Å². The van der Waals surface area contributed by atoms with Gasteiger partial charge in [-0.15, -0.1) is 0 Å². The Bertz CT molecular complexity index is 1710. The average Bonchev–Trinajstić information content (AvgIpc) is 3.54. The van der Waals surface area contributed by atoms with Crippen molar-refractivity contribution in [2.24, 2.45) is 11.5 Å². The van der Waals surface area contributed by atoms with Crippen LogP contribution < -0.4 is 22.1 Å². The summed E-state index contributed by atoms with van der Waals surface area (Å²) in [6.45, 7) is 3.99. The molecule has 9 nitrogen and oxygen atoms in total. The van der Waals surface area contributed by atoms with Gasteiger partial charge in [0, 0.05) is 39.9 Å². The molecule has 12 heteroatoms. The number of nitrogens with two attached hydrogens (primary N) is 2. The van der Waals surface area contributed by atoms with E-state index < -0.39 is 11.7 Å². The van der Waals surface area contributed by atoms with Crippen LogP contribution in [0.1, 0.15) is 11.3 Å². The summed E-state index contributed by atoms with van der Waals surface area (Å²) in [4.78, 5) is 11.3. The highest BCUT2D eigenvalue weighted by molar-refractivity contribution is 5.88. The number of anilines is 2. The van der Waals surface area contributed by atoms with Gasteiger partial charge in [0.1, 0.15) is 5.56 Å². The molecule has 0 saturated carbocycles. The van der Waals surface area contributed by atoms with Gasteiger partial charge in [-0.3, -0.25) is 5.10 Å². The number of nitrogens with zero attached hydrogens (tertiary/aromatic N) is 3. The Kier molecular flexibility index (Phi) is 6.21. The molecule has 0 fully saturated rings. The number of alkyl halides is 3. The lowest BCUT2D eigenvalue weighted by Crippen LogP contribution is -2.11. The molecular weight excluding hydrogens is 495 g/mol. The number of hydrogen-bond acceptors (Lipinski definition) is 7. The van der Waals surface area contributed by atoms with E-state index in [1.54, 1.807) is 48.7 Å². The lowest BCUT2D eigenvalue weighted by atomic mass is 10.1. The topological polar surface area (TPSA) is 146 Å². The highest BCUT2D eigenvalue weighted by atomic mass is 19.4. The van der Waals surface area contributed by atoms with E-state index in [9.17, 15) is 13.2 Å². The summed E-state index contributed by atoms with van der Waals surface area (Å²) in [6.07, 6.45) is 2.00. The molecule has 0 amide bonds. The van der Waals surface area contributed by atoms with Gasteiger partial charge in [-0.1, -0.05) is 18.7 Å². The number of nitrogens with one attached hydrogen (secondary N) is 4. The Morgan fingerprint density at radius 2 is 1.84 bits per heavy atom. The van der Waals surface area contributed by atoms with E-state index >= 15 is 0 Å². The zero-order chi connectivity index (χ0) is 26.9. The van der Waals surface area contributed by atoms with Gasteiger partial charge in [0.2, 0.25) is 5.95 Å². The third kappa shape index (κ3) is 4.87. The molecule has 0 aliphatic carbocycles. The first-order valence-electron chi connectivity index (χ1n) is 11.3. The van der Waals surface area contributed by atoms with E-state index in [2.05, 4.69) is 42.4 Å². The average molecular weight is 518 g/mol. The number of benzene rings is 2. The van der Waals surface area contributed by atoms with E-state index in [1.807, 2.05) is 6.07 Å². The second kappa shape index (κ2) is 9.65. The Hall–Kier alpha value is -5.26. The first-order chi connectivity index (χ1) is 18.2. The van der Waals surface area contributed by atoms with Crippen LogP contribution in [0.4, 0.5) is 24.8 Å². The SMILES string of the molecule is C=C(NC(/C=C\N)=C/N)c1cc2ccc(-c3nc(Nc4ccc5[nH]ncc5c4)ncc3C(F)(F)F)cc2[nH]1. The van der Waals surface area contributed by atoms with Gasteiger partial charge >= 0.3 is 6.18 Å². The predicted molar refractivity (Wildman–Crippen MR) is 141 cm³/mol. The maximum atomic E-state index is 13.9. The summed E-state index contributed by atoms with van der Waals surface area (Å²) in [5, 5.41) is 14.4. The maximum Gasteiger partial charge on any atom is 0.419 e. The van der Waals surface area contributed by atoms with Gasteiger partial charge in [0.05, 0.1) is 34.5 Å². The lowest BCUT2D eigenvalue weighted by molar-refractivity contribution is -0.137. The number of fused-ring (bicyclic) bond motifs is 2. The molecule has 5 rings (SSSR count). The molecule has 0 saturated heterocycles. The molecule has 0 spiro atoms. The molecule has 0 aliphatic rings. The number of rotatable bonds is 7. The van der Waals surface area contributed by atoms with Crippen LogP contribution in [0.3, 0.4) is 0 Å². The third-order valence-electron chi connectivity index (χ3n) is 5.76. The summed E-state index contributed by atoms with van der Waals surface area (Å²) in [6, 6.07) is 12.1. The van der Waals surface area contributed by atoms with Crippen LogP contribution in [0.5, 0.6) is 0 Å². The quantitative estimate of drug-likeness (QED) is 0.165. The van der Waals surface area contributed by atoms with E-state index in [-0.39, 0.29) is 17.2 Å². The molecule has 38 heavy (non-hydrogen) atoms. The molecule has 2 aromatic carbocycles. The summed E-state index contributed by atoms with van der Waals surface area (Å²) in [5.41, 5.74) is 13.7. The molecule has 0 unspecified atom stereocenters. The van der Waals surface area contributed by atoms with Crippen LogP contribution in [0, 0.1) is 0 Å². The minimum absolute atomic E-state index is 0.0229. The van der Waals surface area contributed by atoms with Gasteiger partial charge in [-0.25, -0.2) is 9.97 Å². The van der Waals surface area contributed by atoms with Gasteiger partial charge in [-0.05, 0) is 42.6 Å². The van der Waals surface area contributed by atoms with Crippen LogP contribution in [-0.2, 0) is 6.18 Å². The number of aromatic amines is 2. The molecule has 8 N–H and O–H groups in total. The number of H-pyrrole nitrogens is 2. The molecular formula is C26H22F3N9. The Morgan fingerprint density at radius 1 is 1.00 bits per heavy atom. The van der Waals surface area contributed by atoms with Crippen LogP contribution in [0.2, 0.25) is 0 Å². The number of allylic oxidation sites excluding steroid dienone is 1. The molecule has 3 heterocycles. The fourth-order valence-electron chi connectivity index (χ4n) is 3.94. The van der Waals surface area contributed by atoms with Crippen molar-refractivity contribution < 1.29 is 13.2 Å². The second-order valence-corrected chi connectivity index (χ2v) is 8.32. The molecule has 3 aromatic heterocycles. The van der Waals surface area contributed by atoms with Crippen molar-refractivity contribution in [3.8, 4) is 11.3 Å². The zero-order valence-corrected chi connectivity index (χ0v) is 19.8. The van der Waals surface area contributed by atoms with E-state index in [4.69, 9.17) is 11.5 Å². The van der Waals surface area contributed by atoms with E-state index in [0.29, 0.717) is 28.3 Å². The standard InChI is InChI=1S/C26H22F3N9/c1-14(34-19(11-31)6-7-30)22-9-15-2-3-16(10-23(15)36-22)24-20(26(27,28)29)13-32-25(37-24)35-18-4-5-21-17(8-18)12-33-38-21/h2-13,34,36H,1,30-31H2,(H,33,38)(H,32,35,37)/b7-6-,19-11+. The summed E-state index contributed by atoms with van der Waals surface area (Å²) in [5.74, 6) is 0.0229. The maximum absolute atomic E-state index is 13.9. The zero-order valence-electron chi connectivity index (χ0n) is 19.8. The number of halogens is 3. The minimum Gasteiger partial charge on any atom is -0.405 e. The highest BCUT2D eigenvalue weighted by Gasteiger charge is 2.35. The smallest absolute Gasteiger partial charge is 0.405 e. The van der Waals surface area contributed by atoms with Crippen molar-refractivity contribution in [3.05, 3.63) is 96.9 Å². The molecule has 0 aliphatic heterocycles. The first-order valence-corrected chi connectivity index (χ1v) is 11.3. The van der Waals surface area contributed by atoms with Crippen molar-refractivity contribution in [1.29, 1.82) is 0 Å². The highest BCUT2D eigenvalue weighted by Crippen LogP contribution is 2.37. The normalized spacial score (nSPS) is 12.4. The predicted octanol–water partition coefficient (Wildman–Crippen LogP) is 5.10. The van der Waals surface area contributed by atoms with Crippen molar-refractivity contribution in [3.63, 3.8) is 0 Å². The Labute approximate surface area is 214 Å². The molecule has 0 radical (unpaired) electrons. The van der Waals surface area contributed by atoms with Crippen molar-refractivity contribution in [1.82, 2.24) is 30.5 Å². The van der Waals surface area contributed by atoms with Crippen LogP contribution in [-0.4, -0.2) is 25.1 Å². The second-order valence-electron chi connectivity index (χ2n) is 8.32. The summed E-state index contributed by atoms with van der Waals surface area (Å²) < 4.78 is 41.7. The summed E-state index contributed by atoms with van der Waals surface area (Å²) in [7, 11) is 0. The molecule has 0 bridgehead atoms. The fourth-order valence-corrected chi connectivity index (χ4v) is 3.94. The van der Waals surface area contributed by atoms with E-state index in [0.717, 1.165) is 22.5 Å². The molecule has 5 aromatic rings. The third-order valence-corrected chi connectivity index (χ3v) is 5.76. The Morgan fingerprint density at radius 3 is 2.61 bits per heavy atom. The van der Waals surface area contributed by atoms with Crippen molar-refractivity contribution in [2.75, 3.05) is 5.32 Å². The van der Waals surface area contributed by atoms with Crippen molar-refractivity contribution in [2.45, 2.75) is 6.18 Å². The van der Waals surface area contributed by atoms with Gasteiger partial charge in [0.25, 0.3) is 0 Å². The largest absolute Gasteiger partial charge is 0.419 e. The molecule has 192 valence electrons. The Balaban J connectivity index is 1.50. The molecule has 0 atom stereocenters. The summed E-state index contributed by atoms with van der Waals surface area (Å²) >= 11 is 0. The van der Waals surface area contributed by atoms with Crippen LogP contribution in [0.25, 0.3) is 38.8 Å². The lowest BCUT2D eigenvalue weighted by Gasteiger charge is -2.14. The van der Waals surface area contributed by atoms with E-state index in [1.165, 1.54) is 12.4 Å². The minimum atomic E-state index is -4.65. The van der Waals surface area contributed by atoms with Crippen LogP contribution >= 0.6 is 0 Å². The van der Waals surface area contributed by atoms with Crippen LogP contribution in [0.15, 0.2) is 85.6 Å². The first kappa shape index (κ1) is 24.4. The van der Waals surface area contributed by atoms with Gasteiger partial charge in [0.15, 0.2) is 0 Å². The monoisotopic (exact) mass is 517 g/mol.